The molecule has 1 aliphatic heterocycles. The van der Waals surface area contributed by atoms with E-state index in [9.17, 15) is 12.8 Å². The Balaban J connectivity index is 1.83. The van der Waals surface area contributed by atoms with Gasteiger partial charge in [-0.05, 0) is 36.8 Å². The first-order valence-corrected chi connectivity index (χ1v) is 10.1. The highest BCUT2D eigenvalue weighted by Crippen LogP contribution is 2.32. The number of rotatable bonds is 6. The molecular weight excluding hydrogens is 381 g/mol. The van der Waals surface area contributed by atoms with Crippen molar-refractivity contribution in [2.45, 2.75) is 24.3 Å². The molecule has 0 radical (unpaired) electrons. The fourth-order valence-corrected chi connectivity index (χ4v) is 4.83. The minimum atomic E-state index is -3.89. The molecule has 0 spiro atoms. The van der Waals surface area contributed by atoms with Crippen LogP contribution in [0.2, 0.25) is 5.02 Å². The normalized spacial score (nSPS) is 16.7. The van der Waals surface area contributed by atoms with E-state index in [2.05, 4.69) is 0 Å². The van der Waals surface area contributed by atoms with Gasteiger partial charge in [-0.3, -0.25) is 0 Å². The molecule has 140 valence electrons. The molecule has 0 saturated heterocycles. The largest absolute Gasteiger partial charge is 0.486 e. The first kappa shape index (κ1) is 18.9. The van der Waals surface area contributed by atoms with Crippen LogP contribution in [-0.4, -0.2) is 38.5 Å². The van der Waals surface area contributed by atoms with Crippen molar-refractivity contribution in [1.82, 2.24) is 4.31 Å². The molecule has 26 heavy (non-hydrogen) atoms. The molecule has 0 N–H and O–H groups in total. The highest BCUT2D eigenvalue weighted by Gasteiger charge is 2.31. The molecule has 0 aromatic heterocycles. The molecule has 0 bridgehead atoms. The van der Waals surface area contributed by atoms with Crippen LogP contribution in [0.25, 0.3) is 0 Å². The fraction of sp³-hybridized carbons (Fsp3) is 0.333. The maximum Gasteiger partial charge on any atom is 0.244 e. The minimum absolute atomic E-state index is 0.109. The molecule has 2 aromatic carbocycles. The number of fused-ring (bicyclic) bond motifs is 1. The van der Waals surface area contributed by atoms with E-state index < -0.39 is 21.9 Å². The van der Waals surface area contributed by atoms with Crippen molar-refractivity contribution >= 4 is 21.6 Å². The van der Waals surface area contributed by atoms with E-state index in [1.54, 1.807) is 12.1 Å². The monoisotopic (exact) mass is 399 g/mol. The van der Waals surface area contributed by atoms with Crippen molar-refractivity contribution in [2.75, 3.05) is 19.7 Å². The standard InChI is InChI=1S/C18H19ClFNO4S/c1-2-9-21(26(22,23)18-8-7-13(20)10-15(18)19)11-14-12-24-16-5-3-4-6-17(16)25-14/h3-8,10,14H,2,9,11-12H2,1H3. The van der Waals surface area contributed by atoms with Gasteiger partial charge in [-0.2, -0.15) is 4.31 Å². The second kappa shape index (κ2) is 7.82. The molecule has 2 aromatic rings. The van der Waals surface area contributed by atoms with Gasteiger partial charge in [0.2, 0.25) is 10.0 Å². The van der Waals surface area contributed by atoms with Gasteiger partial charge in [-0.25, -0.2) is 12.8 Å². The van der Waals surface area contributed by atoms with Gasteiger partial charge in [-0.15, -0.1) is 0 Å². The molecule has 1 atom stereocenters. The first-order chi connectivity index (χ1) is 12.4. The van der Waals surface area contributed by atoms with Crippen LogP contribution in [0.4, 0.5) is 4.39 Å². The number of benzene rings is 2. The topological polar surface area (TPSA) is 55.8 Å². The Kier molecular flexibility index (Phi) is 5.70. The number of para-hydroxylation sites is 2. The SMILES string of the molecule is CCCN(CC1COc2ccccc2O1)S(=O)(=O)c1ccc(F)cc1Cl. The average Bonchev–Trinajstić information content (AvgIpc) is 2.61. The van der Waals surface area contributed by atoms with Crippen molar-refractivity contribution in [3.05, 3.63) is 53.3 Å². The second-order valence-corrected chi connectivity index (χ2v) is 8.25. The van der Waals surface area contributed by atoms with E-state index in [-0.39, 0.29) is 29.6 Å². The van der Waals surface area contributed by atoms with Crippen LogP contribution in [-0.2, 0) is 10.0 Å². The van der Waals surface area contributed by atoms with Gasteiger partial charge < -0.3 is 9.47 Å². The highest BCUT2D eigenvalue weighted by atomic mass is 35.5. The molecule has 0 aliphatic carbocycles. The van der Waals surface area contributed by atoms with Gasteiger partial charge in [0.05, 0.1) is 11.6 Å². The van der Waals surface area contributed by atoms with Crippen molar-refractivity contribution < 1.29 is 22.3 Å². The maximum atomic E-state index is 13.3. The first-order valence-electron chi connectivity index (χ1n) is 8.25. The second-order valence-electron chi connectivity index (χ2n) is 5.94. The van der Waals surface area contributed by atoms with E-state index in [4.69, 9.17) is 21.1 Å². The average molecular weight is 400 g/mol. The Hall–Kier alpha value is -1.83. The zero-order valence-electron chi connectivity index (χ0n) is 14.2. The summed E-state index contributed by atoms with van der Waals surface area (Å²) < 4.78 is 52.1. The molecule has 3 rings (SSSR count). The zero-order chi connectivity index (χ0) is 18.7. The number of nitrogens with zero attached hydrogens (tertiary/aromatic N) is 1. The number of halogens is 2. The summed E-state index contributed by atoms with van der Waals surface area (Å²) in [7, 11) is -3.89. The molecule has 8 heteroatoms. The Bertz CT molecular complexity index is 891. The van der Waals surface area contributed by atoms with Crippen LogP contribution in [0.5, 0.6) is 11.5 Å². The smallest absolute Gasteiger partial charge is 0.244 e. The summed E-state index contributed by atoms with van der Waals surface area (Å²) in [5.74, 6) is 0.629. The Morgan fingerprint density at radius 2 is 1.96 bits per heavy atom. The maximum absolute atomic E-state index is 13.3. The molecule has 1 unspecified atom stereocenters. The van der Waals surface area contributed by atoms with Crippen LogP contribution in [0.3, 0.4) is 0 Å². The van der Waals surface area contributed by atoms with Gasteiger partial charge >= 0.3 is 0 Å². The van der Waals surface area contributed by atoms with Gasteiger partial charge in [0, 0.05) is 6.54 Å². The van der Waals surface area contributed by atoms with E-state index in [0.717, 1.165) is 12.1 Å². The summed E-state index contributed by atoms with van der Waals surface area (Å²) in [6.45, 7) is 2.52. The van der Waals surface area contributed by atoms with Gasteiger partial charge in [0.25, 0.3) is 0 Å². The van der Waals surface area contributed by atoms with Crippen LogP contribution < -0.4 is 9.47 Å². The third kappa shape index (κ3) is 3.95. The van der Waals surface area contributed by atoms with Crippen molar-refractivity contribution in [3.63, 3.8) is 0 Å². The van der Waals surface area contributed by atoms with E-state index in [1.807, 2.05) is 19.1 Å². The van der Waals surface area contributed by atoms with E-state index >= 15 is 0 Å². The number of ether oxygens (including phenoxy) is 2. The zero-order valence-corrected chi connectivity index (χ0v) is 15.8. The van der Waals surface area contributed by atoms with Crippen molar-refractivity contribution in [3.8, 4) is 11.5 Å². The fourth-order valence-electron chi connectivity index (χ4n) is 2.76. The summed E-state index contributed by atoms with van der Waals surface area (Å²) in [6, 6.07) is 10.5. The third-order valence-corrected chi connectivity index (χ3v) is 6.31. The lowest BCUT2D eigenvalue weighted by atomic mass is 10.2. The van der Waals surface area contributed by atoms with Crippen LogP contribution in [0.1, 0.15) is 13.3 Å². The summed E-state index contributed by atoms with van der Waals surface area (Å²) >= 11 is 5.97. The Morgan fingerprint density at radius 3 is 2.65 bits per heavy atom. The number of sulfonamides is 1. The van der Waals surface area contributed by atoms with Crippen LogP contribution in [0.15, 0.2) is 47.4 Å². The molecule has 5 nitrogen and oxygen atoms in total. The highest BCUT2D eigenvalue weighted by molar-refractivity contribution is 7.89. The number of hydrogen-bond acceptors (Lipinski definition) is 4. The summed E-state index contributed by atoms with van der Waals surface area (Å²) in [5, 5.41) is -0.141. The minimum Gasteiger partial charge on any atom is -0.486 e. The number of hydrogen-bond donors (Lipinski definition) is 0. The Morgan fingerprint density at radius 1 is 1.23 bits per heavy atom. The van der Waals surface area contributed by atoms with Gasteiger partial charge in [-0.1, -0.05) is 30.7 Å². The molecule has 0 saturated carbocycles. The van der Waals surface area contributed by atoms with Gasteiger partial charge in [0.15, 0.2) is 11.5 Å². The molecule has 0 amide bonds. The quantitative estimate of drug-likeness (QED) is 0.742. The molecular formula is C18H19ClFNO4S. The van der Waals surface area contributed by atoms with E-state index in [0.29, 0.717) is 17.9 Å². The lowest BCUT2D eigenvalue weighted by Gasteiger charge is -2.31. The predicted molar refractivity (Wildman–Crippen MR) is 96.8 cm³/mol. The summed E-state index contributed by atoms with van der Waals surface area (Å²) in [5.41, 5.74) is 0. The van der Waals surface area contributed by atoms with Crippen LogP contribution in [0, 0.1) is 5.82 Å². The molecule has 0 fully saturated rings. The summed E-state index contributed by atoms with van der Waals surface area (Å²) in [4.78, 5) is -0.119. The lowest BCUT2D eigenvalue weighted by Crippen LogP contribution is -2.44. The Labute approximate surface area is 157 Å². The van der Waals surface area contributed by atoms with Crippen molar-refractivity contribution in [1.29, 1.82) is 0 Å². The van der Waals surface area contributed by atoms with Crippen LogP contribution >= 0.6 is 11.6 Å². The van der Waals surface area contributed by atoms with Gasteiger partial charge in [0.1, 0.15) is 23.4 Å². The third-order valence-electron chi connectivity index (χ3n) is 3.96. The predicted octanol–water partition coefficient (Wildman–Crippen LogP) is 3.72. The van der Waals surface area contributed by atoms with E-state index in [1.165, 1.54) is 10.4 Å². The molecule has 1 aliphatic rings. The molecule has 1 heterocycles. The van der Waals surface area contributed by atoms with Crippen molar-refractivity contribution in [2.24, 2.45) is 0 Å². The lowest BCUT2D eigenvalue weighted by molar-refractivity contribution is 0.0764. The summed E-state index contributed by atoms with van der Waals surface area (Å²) in [6.07, 6.45) is 0.160.